The van der Waals surface area contributed by atoms with Crippen LogP contribution in [0.3, 0.4) is 0 Å². The van der Waals surface area contributed by atoms with Crippen LogP contribution in [-0.2, 0) is 70.4 Å². The molecular weight excluding hydrogens is 977 g/mol. The Hall–Kier alpha value is -8.21. The molecule has 406 valence electrons. The van der Waals surface area contributed by atoms with Crippen LogP contribution in [0.1, 0.15) is 82.4 Å². The normalized spacial score (nSPS) is 15.8. The molecule has 3 rings (SSSR count). The Balaban J connectivity index is 1.83. The van der Waals surface area contributed by atoms with E-state index in [0.717, 1.165) is 0 Å². The van der Waals surface area contributed by atoms with Crippen molar-refractivity contribution in [1.29, 1.82) is 0 Å². The zero-order valence-electron chi connectivity index (χ0n) is 40.6. The Bertz CT molecular complexity index is 2320. The number of nitrogens with one attached hydrogen (secondary N) is 8. The number of likely N-dealkylation sites (tertiary alicyclic amines) is 1. The fourth-order valence-corrected chi connectivity index (χ4v) is 7.58. The van der Waals surface area contributed by atoms with E-state index in [4.69, 9.17) is 28.0 Å². The number of nitrogens with two attached hydrogens (primary N) is 4. The highest BCUT2D eigenvalue weighted by atomic mass is 16.4. The number of aromatic nitrogens is 2. The first-order valence-electron chi connectivity index (χ1n) is 23.6. The maximum absolute atomic E-state index is 14.1. The molecule has 1 fully saturated rings. The van der Waals surface area contributed by atoms with Gasteiger partial charge in [-0.1, -0.05) is 12.1 Å². The molecular formula is C45H66N14O15. The van der Waals surface area contributed by atoms with E-state index in [-0.39, 0.29) is 70.2 Å². The number of hydrogen-bond donors (Lipinski definition) is 15. The minimum Gasteiger partial charge on any atom is -0.508 e. The van der Waals surface area contributed by atoms with Crippen molar-refractivity contribution >= 4 is 71.0 Å². The number of aliphatic carboxylic acids is 2. The molecule has 10 amide bonds. The summed E-state index contributed by atoms with van der Waals surface area (Å²) in [5, 5.41) is 45.5. The van der Waals surface area contributed by atoms with Gasteiger partial charge in [0.2, 0.25) is 59.1 Å². The Labute approximate surface area is 423 Å². The molecule has 0 bridgehead atoms. The van der Waals surface area contributed by atoms with E-state index in [1.54, 1.807) is 0 Å². The second kappa shape index (κ2) is 30.0. The van der Waals surface area contributed by atoms with Crippen LogP contribution in [0.2, 0.25) is 0 Å². The van der Waals surface area contributed by atoms with E-state index in [1.165, 1.54) is 48.6 Å². The van der Waals surface area contributed by atoms with Crippen molar-refractivity contribution in [3.8, 4) is 5.75 Å². The number of aromatic amines is 1. The zero-order valence-corrected chi connectivity index (χ0v) is 40.6. The molecule has 8 unspecified atom stereocenters. The van der Waals surface area contributed by atoms with Gasteiger partial charge in [-0.3, -0.25) is 57.5 Å². The van der Waals surface area contributed by atoms with E-state index in [0.29, 0.717) is 30.5 Å². The van der Waals surface area contributed by atoms with Crippen LogP contribution in [0.15, 0.2) is 36.8 Å². The quantitative estimate of drug-likeness (QED) is 0.0304. The molecule has 0 aliphatic carbocycles. The van der Waals surface area contributed by atoms with E-state index < -0.39 is 132 Å². The van der Waals surface area contributed by atoms with E-state index >= 15 is 0 Å². The molecule has 1 aromatic heterocycles. The number of H-pyrrole nitrogens is 1. The predicted octanol–water partition coefficient (Wildman–Crippen LogP) is -5.52. The molecule has 1 saturated heterocycles. The number of benzene rings is 1. The van der Waals surface area contributed by atoms with Crippen LogP contribution in [0.5, 0.6) is 5.75 Å². The summed E-state index contributed by atoms with van der Waals surface area (Å²) in [5.41, 5.74) is 22.8. The number of primary amides is 2. The Kier molecular flexibility index (Phi) is 24.3. The minimum absolute atomic E-state index is 0.00642. The van der Waals surface area contributed by atoms with Crippen molar-refractivity contribution in [2.24, 2.45) is 22.9 Å². The lowest BCUT2D eigenvalue weighted by molar-refractivity contribution is -0.143. The monoisotopic (exact) mass is 1040 g/mol. The fraction of sp³-hybridized carbons (Fsp3) is 0.533. The van der Waals surface area contributed by atoms with Gasteiger partial charge >= 0.3 is 11.9 Å². The maximum Gasteiger partial charge on any atom is 0.322 e. The van der Waals surface area contributed by atoms with Crippen molar-refractivity contribution in [3.05, 3.63) is 48.0 Å². The van der Waals surface area contributed by atoms with Crippen molar-refractivity contribution in [2.75, 3.05) is 19.6 Å². The van der Waals surface area contributed by atoms with Crippen molar-refractivity contribution in [1.82, 2.24) is 52.1 Å². The Morgan fingerprint density at radius 1 is 0.703 bits per heavy atom. The van der Waals surface area contributed by atoms with Gasteiger partial charge in [0.25, 0.3) is 0 Å². The molecule has 2 heterocycles. The first-order chi connectivity index (χ1) is 35.0. The molecule has 1 aliphatic rings. The average molecular weight is 1040 g/mol. The van der Waals surface area contributed by atoms with Crippen LogP contribution < -0.4 is 60.2 Å². The number of rotatable bonds is 32. The van der Waals surface area contributed by atoms with Crippen LogP contribution in [-0.4, -0.2) is 169 Å². The van der Waals surface area contributed by atoms with Gasteiger partial charge in [0.15, 0.2) is 0 Å². The minimum atomic E-state index is -1.89. The molecule has 2 aromatic rings. The van der Waals surface area contributed by atoms with Crippen molar-refractivity contribution in [3.63, 3.8) is 0 Å². The number of phenols is 1. The second-order valence-corrected chi connectivity index (χ2v) is 17.5. The van der Waals surface area contributed by atoms with Crippen LogP contribution in [0.4, 0.5) is 0 Å². The summed E-state index contributed by atoms with van der Waals surface area (Å²) in [6, 6.07) is -6.09. The van der Waals surface area contributed by atoms with E-state index in [2.05, 4.69) is 47.2 Å². The van der Waals surface area contributed by atoms with Gasteiger partial charge in [0, 0.05) is 44.1 Å². The number of carboxylic acids is 2. The zero-order chi connectivity index (χ0) is 55.1. The largest absolute Gasteiger partial charge is 0.508 e. The van der Waals surface area contributed by atoms with E-state index in [1.807, 2.05) is 0 Å². The number of aromatic hydroxyl groups is 1. The lowest BCUT2D eigenvalue weighted by Gasteiger charge is -2.30. The molecule has 0 saturated carbocycles. The predicted molar refractivity (Wildman–Crippen MR) is 257 cm³/mol. The number of hydrogen-bond acceptors (Lipinski definition) is 16. The van der Waals surface area contributed by atoms with E-state index in [9.17, 15) is 67.7 Å². The van der Waals surface area contributed by atoms with Gasteiger partial charge in [0.05, 0.1) is 18.8 Å². The second-order valence-electron chi connectivity index (χ2n) is 17.5. The summed E-state index contributed by atoms with van der Waals surface area (Å²) >= 11 is 0. The molecule has 29 nitrogen and oxygen atoms in total. The number of amides is 10. The van der Waals surface area contributed by atoms with Gasteiger partial charge in [-0.2, -0.15) is 0 Å². The maximum atomic E-state index is 14.1. The standard InChI is InChI=1S/C45H66N14O15/c1-23(38(67)55-29(5-2-3-15-46)45(74)59-16-4-6-33(59)44(73)54-28(12-14-35(49)62)40(69)51-21-37(65)66)53-41(70)32(19-36(63)64)58-42(71)30(17-24-7-9-26(60)10-8-24)57-43(72)31(18-25-20-50-22-52-25)56-39(68)27(47)11-13-34(48)61/h7-10,20,22-23,27-33,60H,2-6,11-19,21,46-47H2,1H3,(H2,48,61)(H2,49,62)(H,50,52)(H,51,69)(H,53,70)(H,54,73)(H,55,67)(H,56,68)(H,57,72)(H,58,71)(H,63,64)(H,65,66). The summed E-state index contributed by atoms with van der Waals surface area (Å²) in [6.45, 7) is 0.693. The third kappa shape index (κ3) is 20.5. The third-order valence-electron chi connectivity index (χ3n) is 11.5. The average Bonchev–Trinajstić information content (AvgIpc) is 4.06. The SMILES string of the molecule is CC(NC(=O)C(CC(=O)O)NC(=O)C(Cc1ccc(O)cc1)NC(=O)C(Cc1cnc[nH]1)NC(=O)C(N)CCC(N)=O)C(=O)NC(CCCCN)C(=O)N1CCCC1C(=O)NC(CCC(N)=O)C(=O)NCC(=O)O. The Morgan fingerprint density at radius 2 is 1.30 bits per heavy atom. The molecule has 8 atom stereocenters. The van der Waals surface area contributed by atoms with Crippen LogP contribution in [0, 0.1) is 0 Å². The smallest absolute Gasteiger partial charge is 0.322 e. The summed E-state index contributed by atoms with van der Waals surface area (Å²) in [6.07, 6.45) is 1.30. The van der Waals surface area contributed by atoms with Gasteiger partial charge in [-0.05, 0) is 76.1 Å². The molecule has 29 heteroatoms. The number of imidazole rings is 1. The van der Waals surface area contributed by atoms with Crippen molar-refractivity contribution in [2.45, 2.75) is 132 Å². The summed E-state index contributed by atoms with van der Waals surface area (Å²) in [4.78, 5) is 163. The number of phenolic OH excluding ortho intramolecular Hbond substituents is 1. The fourth-order valence-electron chi connectivity index (χ4n) is 7.58. The van der Waals surface area contributed by atoms with Gasteiger partial charge < -0.3 is 85.4 Å². The van der Waals surface area contributed by atoms with Crippen LogP contribution in [0.25, 0.3) is 0 Å². The molecule has 0 spiro atoms. The Morgan fingerprint density at radius 3 is 1.89 bits per heavy atom. The lowest BCUT2D eigenvalue weighted by Crippen LogP contribution is -2.60. The summed E-state index contributed by atoms with van der Waals surface area (Å²) in [5.74, 6) is -12.0. The first-order valence-corrected chi connectivity index (χ1v) is 23.6. The highest BCUT2D eigenvalue weighted by molar-refractivity contribution is 5.99. The van der Waals surface area contributed by atoms with Crippen molar-refractivity contribution < 1.29 is 72.9 Å². The lowest BCUT2D eigenvalue weighted by atomic mass is 10.0. The number of carboxylic acid groups (broad SMARTS) is 2. The summed E-state index contributed by atoms with van der Waals surface area (Å²) < 4.78 is 0. The number of unbranched alkanes of at least 4 members (excludes halogenated alkanes) is 1. The molecule has 19 N–H and O–H groups in total. The first kappa shape index (κ1) is 60.1. The number of nitrogens with zero attached hydrogens (tertiary/aromatic N) is 2. The molecule has 74 heavy (non-hydrogen) atoms. The third-order valence-corrected chi connectivity index (χ3v) is 11.5. The number of carbonyl (C=O) groups excluding carboxylic acids is 10. The van der Waals surface area contributed by atoms with Gasteiger partial charge in [-0.15, -0.1) is 0 Å². The highest BCUT2D eigenvalue weighted by Crippen LogP contribution is 2.21. The topological polar surface area (TPSA) is 486 Å². The highest BCUT2D eigenvalue weighted by Gasteiger charge is 2.40. The number of carbonyl (C=O) groups is 12. The van der Waals surface area contributed by atoms with Gasteiger partial charge in [-0.25, -0.2) is 4.98 Å². The molecule has 1 aromatic carbocycles. The molecule has 0 radical (unpaired) electrons. The summed E-state index contributed by atoms with van der Waals surface area (Å²) in [7, 11) is 0. The van der Waals surface area contributed by atoms with Gasteiger partial charge in [0.1, 0.15) is 54.6 Å². The van der Waals surface area contributed by atoms with Crippen LogP contribution >= 0.6 is 0 Å². The molecule has 1 aliphatic heterocycles.